The highest BCUT2D eigenvalue weighted by Crippen LogP contribution is 2.31. The standard InChI is InChI=1S/C17H25N/c1-10(2)14-7-13-8-16(12(5)6)18-17(13)9-15(14)11(3)4/h7-12,18H,1-6H3. The molecule has 0 aliphatic heterocycles. The Labute approximate surface area is 111 Å². The van der Waals surface area contributed by atoms with Gasteiger partial charge in [0.1, 0.15) is 0 Å². The molecule has 1 aromatic carbocycles. The fourth-order valence-electron chi connectivity index (χ4n) is 2.55. The minimum atomic E-state index is 0.558. The van der Waals surface area contributed by atoms with Crippen molar-refractivity contribution in [3.63, 3.8) is 0 Å². The highest BCUT2D eigenvalue weighted by molar-refractivity contribution is 5.82. The van der Waals surface area contributed by atoms with Crippen molar-refractivity contribution in [1.29, 1.82) is 0 Å². The number of fused-ring (bicyclic) bond motifs is 1. The second kappa shape index (κ2) is 4.79. The first kappa shape index (κ1) is 13.2. The van der Waals surface area contributed by atoms with Crippen LogP contribution in [0.4, 0.5) is 0 Å². The topological polar surface area (TPSA) is 15.8 Å². The average molecular weight is 243 g/mol. The van der Waals surface area contributed by atoms with E-state index in [1.807, 2.05) is 0 Å². The SMILES string of the molecule is CC(C)c1cc2cc(C(C)C)c(C(C)C)cc2[nH]1. The van der Waals surface area contributed by atoms with Gasteiger partial charge in [-0.2, -0.15) is 0 Å². The molecule has 0 bridgehead atoms. The van der Waals surface area contributed by atoms with Crippen LogP contribution in [0.5, 0.6) is 0 Å². The van der Waals surface area contributed by atoms with Crippen molar-refractivity contribution in [2.24, 2.45) is 0 Å². The van der Waals surface area contributed by atoms with E-state index in [9.17, 15) is 0 Å². The molecule has 18 heavy (non-hydrogen) atoms. The molecule has 1 heterocycles. The monoisotopic (exact) mass is 243 g/mol. The Bertz CT molecular complexity index is 499. The van der Waals surface area contributed by atoms with Gasteiger partial charge >= 0.3 is 0 Å². The third-order valence-corrected chi connectivity index (χ3v) is 3.71. The maximum Gasteiger partial charge on any atom is 0.0459 e. The Morgan fingerprint density at radius 2 is 1.28 bits per heavy atom. The van der Waals surface area contributed by atoms with Crippen LogP contribution >= 0.6 is 0 Å². The lowest BCUT2D eigenvalue weighted by atomic mass is 9.89. The Morgan fingerprint density at radius 3 is 1.78 bits per heavy atom. The predicted molar refractivity (Wildman–Crippen MR) is 80.6 cm³/mol. The van der Waals surface area contributed by atoms with Gasteiger partial charge in [0.25, 0.3) is 0 Å². The molecule has 0 radical (unpaired) electrons. The van der Waals surface area contributed by atoms with Crippen molar-refractivity contribution in [3.8, 4) is 0 Å². The van der Waals surface area contributed by atoms with Gasteiger partial charge in [0.15, 0.2) is 0 Å². The Kier molecular flexibility index (Phi) is 3.52. The number of rotatable bonds is 3. The largest absolute Gasteiger partial charge is 0.358 e. The van der Waals surface area contributed by atoms with Crippen molar-refractivity contribution < 1.29 is 0 Å². The summed E-state index contributed by atoms with van der Waals surface area (Å²) in [6, 6.07) is 7.02. The third-order valence-electron chi connectivity index (χ3n) is 3.71. The molecular formula is C17H25N. The Balaban J connectivity index is 2.65. The lowest BCUT2D eigenvalue weighted by molar-refractivity contribution is 0.792. The fraction of sp³-hybridized carbons (Fsp3) is 0.529. The van der Waals surface area contributed by atoms with E-state index in [0.717, 1.165) is 0 Å². The highest BCUT2D eigenvalue weighted by Gasteiger charge is 2.13. The number of aromatic amines is 1. The molecule has 0 unspecified atom stereocenters. The van der Waals surface area contributed by atoms with Crippen LogP contribution < -0.4 is 0 Å². The molecule has 0 spiro atoms. The van der Waals surface area contributed by atoms with Crippen LogP contribution in [0.1, 0.15) is 76.1 Å². The molecule has 1 N–H and O–H groups in total. The summed E-state index contributed by atoms with van der Waals surface area (Å²) in [6.07, 6.45) is 0. The smallest absolute Gasteiger partial charge is 0.0459 e. The number of benzene rings is 1. The van der Waals surface area contributed by atoms with Crippen molar-refractivity contribution in [2.75, 3.05) is 0 Å². The molecule has 0 atom stereocenters. The molecule has 1 nitrogen and oxygen atoms in total. The van der Waals surface area contributed by atoms with Crippen LogP contribution in [-0.2, 0) is 0 Å². The summed E-state index contributed by atoms with van der Waals surface area (Å²) in [5.74, 6) is 1.73. The molecule has 1 aromatic heterocycles. The van der Waals surface area contributed by atoms with E-state index in [2.05, 4.69) is 64.7 Å². The quantitative estimate of drug-likeness (QED) is 0.728. The van der Waals surface area contributed by atoms with Crippen LogP contribution in [0.15, 0.2) is 18.2 Å². The normalized spacial score (nSPS) is 12.3. The van der Waals surface area contributed by atoms with E-state index in [4.69, 9.17) is 0 Å². The molecule has 0 saturated carbocycles. The first-order valence-corrected chi connectivity index (χ1v) is 7.06. The zero-order valence-electron chi connectivity index (χ0n) is 12.5. The molecule has 0 fully saturated rings. The van der Waals surface area contributed by atoms with E-state index in [0.29, 0.717) is 17.8 Å². The average Bonchev–Trinajstić information content (AvgIpc) is 2.69. The molecular weight excluding hydrogens is 218 g/mol. The van der Waals surface area contributed by atoms with E-state index >= 15 is 0 Å². The molecule has 98 valence electrons. The van der Waals surface area contributed by atoms with Crippen LogP contribution in [0.3, 0.4) is 0 Å². The number of hydrogen-bond donors (Lipinski definition) is 1. The molecule has 0 aliphatic rings. The molecule has 0 aliphatic carbocycles. The lowest BCUT2D eigenvalue weighted by Gasteiger charge is -2.16. The van der Waals surface area contributed by atoms with Crippen LogP contribution in [-0.4, -0.2) is 4.98 Å². The van der Waals surface area contributed by atoms with Gasteiger partial charge in [0, 0.05) is 11.2 Å². The number of aromatic nitrogens is 1. The minimum Gasteiger partial charge on any atom is -0.358 e. The molecule has 0 saturated heterocycles. The maximum absolute atomic E-state index is 3.56. The first-order chi connectivity index (χ1) is 8.40. The summed E-state index contributed by atoms with van der Waals surface area (Å²) >= 11 is 0. The maximum atomic E-state index is 3.56. The molecule has 1 heteroatoms. The van der Waals surface area contributed by atoms with E-state index in [-0.39, 0.29) is 0 Å². The van der Waals surface area contributed by atoms with Gasteiger partial charge in [0.2, 0.25) is 0 Å². The highest BCUT2D eigenvalue weighted by atomic mass is 14.7. The summed E-state index contributed by atoms with van der Waals surface area (Å²) in [5.41, 5.74) is 5.59. The predicted octanol–water partition coefficient (Wildman–Crippen LogP) is 5.54. The Hall–Kier alpha value is -1.24. The zero-order chi connectivity index (χ0) is 13.4. The number of nitrogens with one attached hydrogen (secondary N) is 1. The summed E-state index contributed by atoms with van der Waals surface area (Å²) in [6.45, 7) is 13.6. The summed E-state index contributed by atoms with van der Waals surface area (Å²) in [7, 11) is 0. The van der Waals surface area contributed by atoms with Crippen molar-refractivity contribution in [1.82, 2.24) is 4.98 Å². The second-order valence-corrected chi connectivity index (χ2v) is 6.26. The fourth-order valence-corrected chi connectivity index (χ4v) is 2.55. The summed E-state index contributed by atoms with van der Waals surface area (Å²) < 4.78 is 0. The van der Waals surface area contributed by atoms with Gasteiger partial charge < -0.3 is 4.98 Å². The molecule has 2 rings (SSSR count). The first-order valence-electron chi connectivity index (χ1n) is 7.06. The van der Waals surface area contributed by atoms with E-state index in [1.165, 1.54) is 27.7 Å². The lowest BCUT2D eigenvalue weighted by Crippen LogP contribution is -1.98. The van der Waals surface area contributed by atoms with Crippen LogP contribution in [0, 0.1) is 0 Å². The van der Waals surface area contributed by atoms with Gasteiger partial charge in [-0.3, -0.25) is 0 Å². The second-order valence-electron chi connectivity index (χ2n) is 6.26. The van der Waals surface area contributed by atoms with Crippen LogP contribution in [0.2, 0.25) is 0 Å². The number of hydrogen-bond acceptors (Lipinski definition) is 0. The van der Waals surface area contributed by atoms with Crippen molar-refractivity contribution >= 4 is 10.9 Å². The van der Waals surface area contributed by atoms with Gasteiger partial charge in [-0.25, -0.2) is 0 Å². The van der Waals surface area contributed by atoms with E-state index < -0.39 is 0 Å². The van der Waals surface area contributed by atoms with Gasteiger partial charge in [-0.05, 0) is 52.5 Å². The molecule has 2 aromatic rings. The Morgan fingerprint density at radius 1 is 0.722 bits per heavy atom. The third kappa shape index (κ3) is 2.31. The van der Waals surface area contributed by atoms with E-state index in [1.54, 1.807) is 0 Å². The minimum absolute atomic E-state index is 0.558. The molecule has 0 amide bonds. The number of H-pyrrole nitrogens is 1. The van der Waals surface area contributed by atoms with Gasteiger partial charge in [-0.15, -0.1) is 0 Å². The van der Waals surface area contributed by atoms with Crippen molar-refractivity contribution in [2.45, 2.75) is 59.3 Å². The summed E-state index contributed by atoms with van der Waals surface area (Å²) in [4.78, 5) is 3.56. The van der Waals surface area contributed by atoms with Gasteiger partial charge in [-0.1, -0.05) is 41.5 Å². The zero-order valence-corrected chi connectivity index (χ0v) is 12.5. The van der Waals surface area contributed by atoms with Crippen LogP contribution in [0.25, 0.3) is 10.9 Å². The van der Waals surface area contributed by atoms with Gasteiger partial charge in [0.05, 0.1) is 0 Å². The summed E-state index contributed by atoms with van der Waals surface area (Å²) in [5, 5.41) is 1.35. The van der Waals surface area contributed by atoms with Crippen molar-refractivity contribution in [3.05, 3.63) is 35.0 Å².